The molecule has 0 N–H and O–H groups in total. The molecule has 0 amide bonds. The number of halogens is 5. The third kappa shape index (κ3) is 4.83. The number of allylic oxidation sites excluding steroid dienone is 1. The Bertz CT molecular complexity index is 410. The highest BCUT2D eigenvalue weighted by molar-refractivity contribution is 6.19. The molecule has 0 unspecified atom stereocenters. The number of benzene rings is 1. The Balaban J connectivity index is 2.99. The fraction of sp³-hybridized carbons (Fsp3) is 0.273. The van der Waals surface area contributed by atoms with Gasteiger partial charge in [-0.15, -0.1) is 11.6 Å². The normalized spacial score (nSPS) is 11.5. The SMILES string of the molecule is FC(F)Oc1ccc(C=CCCl)cc1OC(F)F. The minimum atomic E-state index is -3.13. The highest BCUT2D eigenvalue weighted by atomic mass is 35.5. The lowest BCUT2D eigenvalue weighted by Crippen LogP contribution is -2.07. The first-order valence-electron chi connectivity index (χ1n) is 4.79. The fourth-order valence-corrected chi connectivity index (χ4v) is 1.28. The molecule has 0 spiro atoms. The van der Waals surface area contributed by atoms with Crippen LogP contribution in [0.1, 0.15) is 5.56 Å². The molecular formula is C11H9ClF4O2. The lowest BCUT2D eigenvalue weighted by atomic mass is 10.2. The molecule has 0 saturated carbocycles. The summed E-state index contributed by atoms with van der Waals surface area (Å²) in [5.74, 6) is -0.671. The zero-order valence-corrected chi connectivity index (χ0v) is 9.71. The first-order valence-corrected chi connectivity index (χ1v) is 5.32. The maximum atomic E-state index is 12.1. The van der Waals surface area contributed by atoms with Gasteiger partial charge in [-0.2, -0.15) is 17.6 Å². The Hall–Kier alpha value is -1.43. The first-order chi connectivity index (χ1) is 8.52. The zero-order chi connectivity index (χ0) is 13.5. The fourth-order valence-electron chi connectivity index (χ4n) is 1.19. The van der Waals surface area contributed by atoms with Crippen LogP contribution in [0.15, 0.2) is 24.3 Å². The lowest BCUT2D eigenvalue weighted by Gasteiger charge is -2.12. The van der Waals surface area contributed by atoms with E-state index in [0.29, 0.717) is 5.56 Å². The van der Waals surface area contributed by atoms with Crippen molar-refractivity contribution in [1.82, 2.24) is 0 Å². The molecule has 0 atom stereocenters. The van der Waals surface area contributed by atoms with Crippen LogP contribution in [0.2, 0.25) is 0 Å². The maximum absolute atomic E-state index is 12.1. The highest BCUT2D eigenvalue weighted by Crippen LogP contribution is 2.31. The predicted octanol–water partition coefficient (Wildman–Crippen LogP) is 4.14. The van der Waals surface area contributed by atoms with Crippen LogP contribution in [0, 0.1) is 0 Å². The molecule has 0 radical (unpaired) electrons. The Morgan fingerprint density at radius 2 is 1.67 bits per heavy atom. The van der Waals surface area contributed by atoms with E-state index in [0.717, 1.165) is 12.1 Å². The second-order valence-corrected chi connectivity index (χ2v) is 3.33. The van der Waals surface area contributed by atoms with Crippen molar-refractivity contribution in [3.63, 3.8) is 0 Å². The van der Waals surface area contributed by atoms with Crippen LogP contribution in [0.3, 0.4) is 0 Å². The molecule has 100 valence electrons. The predicted molar refractivity (Wildman–Crippen MR) is 59.5 cm³/mol. The van der Waals surface area contributed by atoms with Crippen LogP contribution < -0.4 is 9.47 Å². The number of hydrogen-bond donors (Lipinski definition) is 0. The summed E-state index contributed by atoms with van der Waals surface area (Å²) in [6, 6.07) is 3.70. The van der Waals surface area contributed by atoms with Crippen molar-refractivity contribution in [2.75, 3.05) is 5.88 Å². The van der Waals surface area contributed by atoms with E-state index >= 15 is 0 Å². The monoisotopic (exact) mass is 284 g/mol. The summed E-state index contributed by atoms with van der Waals surface area (Å²) in [6.07, 6.45) is 3.11. The van der Waals surface area contributed by atoms with Gasteiger partial charge in [0, 0.05) is 5.88 Å². The summed E-state index contributed by atoms with van der Waals surface area (Å²) < 4.78 is 56.5. The van der Waals surface area contributed by atoms with E-state index in [-0.39, 0.29) is 5.88 Å². The minimum Gasteiger partial charge on any atom is -0.431 e. The molecule has 0 aliphatic carbocycles. The van der Waals surface area contributed by atoms with Gasteiger partial charge in [0.2, 0.25) is 0 Å². The molecular weight excluding hydrogens is 276 g/mol. The van der Waals surface area contributed by atoms with Crippen molar-refractivity contribution in [3.8, 4) is 11.5 Å². The number of ether oxygens (including phenoxy) is 2. The van der Waals surface area contributed by atoms with E-state index in [1.54, 1.807) is 6.08 Å². The summed E-state index contributed by atoms with van der Waals surface area (Å²) in [6.45, 7) is -6.24. The molecule has 1 rings (SSSR count). The second kappa shape index (κ2) is 7.10. The summed E-state index contributed by atoms with van der Waals surface area (Å²) in [4.78, 5) is 0. The van der Waals surface area contributed by atoms with E-state index in [1.807, 2.05) is 0 Å². The molecule has 18 heavy (non-hydrogen) atoms. The van der Waals surface area contributed by atoms with Crippen LogP contribution >= 0.6 is 11.6 Å². The molecule has 0 bridgehead atoms. The van der Waals surface area contributed by atoms with Gasteiger partial charge in [-0.3, -0.25) is 0 Å². The maximum Gasteiger partial charge on any atom is 0.387 e. The summed E-state index contributed by atoms with van der Waals surface area (Å²) in [5, 5.41) is 0. The van der Waals surface area contributed by atoms with Crippen molar-refractivity contribution in [1.29, 1.82) is 0 Å². The molecule has 0 saturated heterocycles. The topological polar surface area (TPSA) is 18.5 Å². The van der Waals surface area contributed by atoms with Crippen molar-refractivity contribution in [2.24, 2.45) is 0 Å². The van der Waals surface area contributed by atoms with Crippen molar-refractivity contribution < 1.29 is 27.0 Å². The first kappa shape index (κ1) is 14.6. The third-order valence-corrected chi connectivity index (χ3v) is 1.98. The van der Waals surface area contributed by atoms with Crippen LogP contribution in [-0.4, -0.2) is 19.1 Å². The highest BCUT2D eigenvalue weighted by Gasteiger charge is 2.14. The van der Waals surface area contributed by atoms with Crippen LogP contribution in [0.4, 0.5) is 17.6 Å². The summed E-state index contributed by atoms with van der Waals surface area (Å²) >= 11 is 5.41. The number of alkyl halides is 5. The van der Waals surface area contributed by atoms with Crippen LogP contribution in [-0.2, 0) is 0 Å². The molecule has 2 nitrogen and oxygen atoms in total. The van der Waals surface area contributed by atoms with E-state index in [1.165, 1.54) is 12.1 Å². The zero-order valence-electron chi connectivity index (χ0n) is 8.95. The van der Waals surface area contributed by atoms with Gasteiger partial charge in [-0.25, -0.2) is 0 Å². The summed E-state index contributed by atoms with van der Waals surface area (Å²) in [5.41, 5.74) is 0.480. The van der Waals surface area contributed by atoms with Gasteiger partial charge < -0.3 is 9.47 Å². The smallest absolute Gasteiger partial charge is 0.387 e. The molecule has 0 aliphatic heterocycles. The molecule has 0 aromatic heterocycles. The number of rotatable bonds is 6. The van der Waals surface area contributed by atoms with Gasteiger partial charge >= 0.3 is 13.2 Å². The van der Waals surface area contributed by atoms with Gasteiger partial charge in [0.1, 0.15) is 0 Å². The van der Waals surface area contributed by atoms with E-state index in [9.17, 15) is 17.6 Å². The lowest BCUT2D eigenvalue weighted by molar-refractivity contribution is -0.0692. The van der Waals surface area contributed by atoms with E-state index in [4.69, 9.17) is 11.6 Å². The molecule has 0 heterocycles. The van der Waals surface area contributed by atoms with Crippen molar-refractivity contribution >= 4 is 17.7 Å². The van der Waals surface area contributed by atoms with Gasteiger partial charge in [-0.05, 0) is 17.7 Å². The molecule has 0 aliphatic rings. The van der Waals surface area contributed by atoms with Crippen LogP contribution in [0.5, 0.6) is 11.5 Å². The molecule has 7 heteroatoms. The average molecular weight is 285 g/mol. The van der Waals surface area contributed by atoms with Crippen LogP contribution in [0.25, 0.3) is 6.08 Å². The number of hydrogen-bond acceptors (Lipinski definition) is 2. The van der Waals surface area contributed by atoms with Gasteiger partial charge in [0.25, 0.3) is 0 Å². The van der Waals surface area contributed by atoms with Crippen molar-refractivity contribution in [3.05, 3.63) is 29.8 Å². The molecule has 0 fully saturated rings. The Morgan fingerprint density at radius 3 is 2.22 bits per heavy atom. The molecule has 1 aromatic carbocycles. The standard InChI is InChI=1S/C11H9ClF4O2/c12-5-1-2-7-3-4-8(17-10(13)14)9(6-7)18-11(15)16/h1-4,6,10-11H,5H2. The van der Waals surface area contributed by atoms with Gasteiger partial charge in [0.05, 0.1) is 0 Å². The summed E-state index contributed by atoms with van der Waals surface area (Å²) in [7, 11) is 0. The average Bonchev–Trinajstić information content (AvgIpc) is 2.28. The quantitative estimate of drug-likeness (QED) is 0.577. The second-order valence-electron chi connectivity index (χ2n) is 3.02. The minimum absolute atomic E-state index is 0.236. The van der Waals surface area contributed by atoms with E-state index < -0.39 is 24.7 Å². The van der Waals surface area contributed by atoms with E-state index in [2.05, 4.69) is 9.47 Å². The Morgan fingerprint density at radius 1 is 1.06 bits per heavy atom. The largest absolute Gasteiger partial charge is 0.431 e. The Labute approximate surface area is 106 Å². The molecule has 1 aromatic rings. The van der Waals surface area contributed by atoms with Crippen molar-refractivity contribution in [2.45, 2.75) is 13.2 Å². The van der Waals surface area contributed by atoms with Gasteiger partial charge in [0.15, 0.2) is 11.5 Å². The van der Waals surface area contributed by atoms with Gasteiger partial charge in [-0.1, -0.05) is 18.2 Å². The third-order valence-electron chi connectivity index (χ3n) is 1.80. The Kier molecular flexibility index (Phi) is 5.77.